The Morgan fingerprint density at radius 3 is 2.87 bits per heavy atom. The maximum absolute atomic E-state index is 11.0. The average molecular weight is 286 g/mol. The number of hydrogen-bond acceptors (Lipinski definition) is 2. The molecule has 0 spiro atoms. The summed E-state index contributed by atoms with van der Waals surface area (Å²) in [4.78, 5) is 15.2. The van der Waals surface area contributed by atoms with E-state index in [-0.39, 0.29) is 10.7 Å². The first kappa shape index (κ1) is 10.4. The molecule has 0 radical (unpaired) electrons. The van der Waals surface area contributed by atoms with Crippen LogP contribution in [0.15, 0.2) is 28.7 Å². The maximum atomic E-state index is 11.0. The number of benzene rings is 1. The van der Waals surface area contributed by atoms with Crippen LogP contribution in [0.1, 0.15) is 10.4 Å². The van der Waals surface area contributed by atoms with Crippen LogP contribution in [-0.4, -0.2) is 10.9 Å². The molecule has 1 aromatic heterocycles. The molecule has 0 aliphatic heterocycles. The molecule has 0 fully saturated rings. The van der Waals surface area contributed by atoms with Crippen LogP contribution in [-0.2, 0) is 0 Å². The number of aromatic nitrogens is 1. The Morgan fingerprint density at radius 1 is 1.47 bits per heavy atom. The van der Waals surface area contributed by atoms with Crippen LogP contribution in [0.25, 0.3) is 10.9 Å². The smallest absolute Gasteiger partial charge is 0.251 e. The van der Waals surface area contributed by atoms with Crippen molar-refractivity contribution in [2.24, 2.45) is 5.73 Å². The molecule has 2 rings (SSSR count). The Labute approximate surface area is 99.4 Å². The molecule has 76 valence electrons. The summed E-state index contributed by atoms with van der Waals surface area (Å²) in [6.07, 6.45) is 0. The highest BCUT2D eigenvalue weighted by Crippen LogP contribution is 2.25. The Bertz CT molecular complexity index is 556. The molecule has 2 aromatic rings. The summed E-state index contributed by atoms with van der Waals surface area (Å²) >= 11 is 9.19. The summed E-state index contributed by atoms with van der Waals surface area (Å²) in [6.45, 7) is 0. The normalized spacial score (nSPS) is 10.5. The Balaban J connectivity index is 2.82. The number of para-hydroxylation sites is 1. The summed E-state index contributed by atoms with van der Waals surface area (Å²) in [5, 5.41) is 0.949. The second-order valence-electron chi connectivity index (χ2n) is 3.00. The molecule has 0 aliphatic carbocycles. The highest BCUT2D eigenvalue weighted by atomic mass is 79.9. The van der Waals surface area contributed by atoms with Crippen LogP contribution in [0.4, 0.5) is 0 Å². The van der Waals surface area contributed by atoms with Crippen molar-refractivity contribution in [3.8, 4) is 0 Å². The number of primary amides is 1. The van der Waals surface area contributed by atoms with Gasteiger partial charge in [-0.05, 0) is 28.1 Å². The van der Waals surface area contributed by atoms with Crippen molar-refractivity contribution in [3.05, 3.63) is 39.5 Å². The molecule has 1 heterocycles. The molecule has 0 bridgehead atoms. The van der Waals surface area contributed by atoms with Crippen LogP contribution in [0.5, 0.6) is 0 Å². The lowest BCUT2D eigenvalue weighted by Crippen LogP contribution is -2.12. The lowest BCUT2D eigenvalue weighted by molar-refractivity contribution is 0.100. The van der Waals surface area contributed by atoms with Gasteiger partial charge >= 0.3 is 0 Å². The van der Waals surface area contributed by atoms with Crippen LogP contribution in [0.2, 0.25) is 5.15 Å². The van der Waals surface area contributed by atoms with Crippen LogP contribution in [0, 0.1) is 0 Å². The van der Waals surface area contributed by atoms with Crippen molar-refractivity contribution in [2.75, 3.05) is 0 Å². The van der Waals surface area contributed by atoms with E-state index < -0.39 is 5.91 Å². The van der Waals surface area contributed by atoms with Gasteiger partial charge in [0.2, 0.25) is 0 Å². The first-order valence-electron chi connectivity index (χ1n) is 4.14. The third-order valence-electron chi connectivity index (χ3n) is 2.02. The molecule has 3 nitrogen and oxygen atoms in total. The lowest BCUT2D eigenvalue weighted by atomic mass is 10.1. The van der Waals surface area contributed by atoms with Gasteiger partial charge in [0, 0.05) is 9.86 Å². The highest BCUT2D eigenvalue weighted by Gasteiger charge is 2.10. The first-order valence-corrected chi connectivity index (χ1v) is 5.31. The van der Waals surface area contributed by atoms with E-state index in [1.54, 1.807) is 6.07 Å². The fourth-order valence-corrected chi connectivity index (χ4v) is 2.02. The van der Waals surface area contributed by atoms with Gasteiger partial charge in [-0.25, -0.2) is 4.98 Å². The molecular formula is C10H6BrClN2O. The zero-order valence-corrected chi connectivity index (χ0v) is 9.84. The van der Waals surface area contributed by atoms with Gasteiger partial charge in [0.15, 0.2) is 0 Å². The Kier molecular flexibility index (Phi) is 2.63. The molecule has 1 aromatic carbocycles. The van der Waals surface area contributed by atoms with E-state index in [4.69, 9.17) is 17.3 Å². The predicted octanol–water partition coefficient (Wildman–Crippen LogP) is 2.75. The van der Waals surface area contributed by atoms with Gasteiger partial charge < -0.3 is 5.73 Å². The average Bonchev–Trinajstić information content (AvgIpc) is 2.18. The summed E-state index contributed by atoms with van der Waals surface area (Å²) in [5.74, 6) is -0.575. The minimum atomic E-state index is -0.575. The molecule has 1 amide bonds. The van der Waals surface area contributed by atoms with Crippen molar-refractivity contribution in [1.82, 2.24) is 4.98 Å². The van der Waals surface area contributed by atoms with Crippen LogP contribution < -0.4 is 5.73 Å². The lowest BCUT2D eigenvalue weighted by Gasteiger charge is -2.03. The van der Waals surface area contributed by atoms with Gasteiger partial charge in [0.25, 0.3) is 5.91 Å². The van der Waals surface area contributed by atoms with Crippen molar-refractivity contribution >= 4 is 44.3 Å². The Hall–Kier alpha value is -1.13. The van der Waals surface area contributed by atoms with Gasteiger partial charge in [0.05, 0.1) is 11.1 Å². The number of carbonyl (C=O) groups is 1. The number of amides is 1. The number of nitrogens with zero attached hydrogens (tertiary/aromatic N) is 1. The van der Waals surface area contributed by atoms with Crippen molar-refractivity contribution in [3.63, 3.8) is 0 Å². The number of hydrogen-bond donors (Lipinski definition) is 1. The molecule has 0 unspecified atom stereocenters. The van der Waals surface area contributed by atoms with Crippen LogP contribution >= 0.6 is 27.5 Å². The quantitative estimate of drug-likeness (QED) is 0.819. The minimum absolute atomic E-state index is 0.127. The molecule has 0 atom stereocenters. The van der Waals surface area contributed by atoms with Crippen molar-refractivity contribution in [2.45, 2.75) is 0 Å². The van der Waals surface area contributed by atoms with E-state index in [0.29, 0.717) is 5.52 Å². The zero-order chi connectivity index (χ0) is 11.0. The second-order valence-corrected chi connectivity index (χ2v) is 4.21. The zero-order valence-electron chi connectivity index (χ0n) is 7.50. The topological polar surface area (TPSA) is 56.0 Å². The van der Waals surface area contributed by atoms with Gasteiger partial charge in [-0.2, -0.15) is 0 Å². The van der Waals surface area contributed by atoms with E-state index in [2.05, 4.69) is 20.9 Å². The number of rotatable bonds is 1. The molecular weight excluding hydrogens is 279 g/mol. The fraction of sp³-hybridized carbons (Fsp3) is 0. The van der Waals surface area contributed by atoms with Crippen molar-refractivity contribution in [1.29, 1.82) is 0 Å². The van der Waals surface area contributed by atoms with E-state index in [1.165, 1.54) is 0 Å². The molecule has 2 N–H and O–H groups in total. The fourth-order valence-electron chi connectivity index (χ4n) is 1.31. The number of halogens is 2. The van der Waals surface area contributed by atoms with Gasteiger partial charge in [-0.1, -0.05) is 23.7 Å². The minimum Gasteiger partial charge on any atom is -0.366 e. The second kappa shape index (κ2) is 3.79. The number of pyridine rings is 1. The van der Waals surface area contributed by atoms with Gasteiger partial charge in [-0.3, -0.25) is 4.79 Å². The molecule has 0 saturated carbocycles. The molecule has 15 heavy (non-hydrogen) atoms. The van der Waals surface area contributed by atoms with Gasteiger partial charge in [-0.15, -0.1) is 0 Å². The van der Waals surface area contributed by atoms with Crippen molar-refractivity contribution < 1.29 is 4.79 Å². The van der Waals surface area contributed by atoms with Gasteiger partial charge in [0.1, 0.15) is 5.15 Å². The van der Waals surface area contributed by atoms with Crippen LogP contribution in [0.3, 0.4) is 0 Å². The number of nitrogens with two attached hydrogens (primary N) is 1. The Morgan fingerprint density at radius 2 is 2.20 bits per heavy atom. The summed E-state index contributed by atoms with van der Waals surface area (Å²) < 4.78 is 0.831. The number of fused-ring (bicyclic) bond motifs is 1. The SMILES string of the molecule is NC(=O)c1cc2cccc(Br)c2nc1Cl. The summed E-state index contributed by atoms with van der Waals surface area (Å²) in [7, 11) is 0. The summed E-state index contributed by atoms with van der Waals surface area (Å²) in [6, 6.07) is 7.19. The number of carbonyl (C=O) groups excluding carboxylic acids is 1. The standard InChI is InChI=1S/C10H6BrClN2O/c11-7-3-1-2-5-4-6(10(13)15)9(12)14-8(5)7/h1-4H,(H2,13,15). The van der Waals surface area contributed by atoms with E-state index in [9.17, 15) is 4.79 Å². The molecule has 5 heteroatoms. The van der Waals surface area contributed by atoms with E-state index in [1.807, 2.05) is 18.2 Å². The highest BCUT2D eigenvalue weighted by molar-refractivity contribution is 9.10. The maximum Gasteiger partial charge on any atom is 0.251 e. The van der Waals surface area contributed by atoms with E-state index >= 15 is 0 Å². The molecule has 0 saturated heterocycles. The third kappa shape index (κ3) is 1.82. The largest absolute Gasteiger partial charge is 0.366 e. The first-order chi connectivity index (χ1) is 7.09. The van der Waals surface area contributed by atoms with E-state index in [0.717, 1.165) is 9.86 Å². The third-order valence-corrected chi connectivity index (χ3v) is 2.94. The monoisotopic (exact) mass is 284 g/mol. The summed E-state index contributed by atoms with van der Waals surface area (Å²) in [5.41, 5.74) is 6.12. The molecule has 0 aliphatic rings. The predicted molar refractivity (Wildman–Crippen MR) is 63.0 cm³/mol.